The number of piperidine rings is 1. The van der Waals surface area contributed by atoms with Crippen LogP contribution >= 0.6 is 0 Å². The topological polar surface area (TPSA) is 183 Å². The fourth-order valence-corrected chi connectivity index (χ4v) is 7.36. The van der Waals surface area contributed by atoms with E-state index in [9.17, 15) is 33.6 Å². The van der Waals surface area contributed by atoms with Crippen molar-refractivity contribution >= 4 is 41.4 Å². The van der Waals surface area contributed by atoms with Gasteiger partial charge in [-0.2, -0.15) is 0 Å². The van der Waals surface area contributed by atoms with Crippen LogP contribution in [0.3, 0.4) is 0 Å². The Morgan fingerprint density at radius 2 is 1.58 bits per heavy atom. The van der Waals surface area contributed by atoms with Gasteiger partial charge in [-0.3, -0.25) is 33.7 Å². The molecule has 0 bridgehead atoms. The zero-order chi connectivity index (χ0) is 37.3. The number of nitrogens with zero attached hydrogens (tertiary/aromatic N) is 2. The number of hydrogen-bond donors (Lipinski definition) is 4. The van der Waals surface area contributed by atoms with Crippen molar-refractivity contribution in [3.8, 4) is 0 Å². The molecular weight excluding hydrogens is 644 g/mol. The number of likely N-dealkylation sites (tertiary alicyclic amines) is 1. The fraction of sp³-hybridized carbons (Fsp3) is 0.750. The van der Waals surface area contributed by atoms with Gasteiger partial charge in [0.1, 0.15) is 25.3 Å². The van der Waals surface area contributed by atoms with Crippen molar-refractivity contribution in [2.24, 2.45) is 34.0 Å². The summed E-state index contributed by atoms with van der Waals surface area (Å²) < 4.78 is 5.02. The molecule has 0 spiro atoms. The van der Waals surface area contributed by atoms with Crippen LogP contribution in [0.5, 0.6) is 0 Å². The number of urea groups is 1. The lowest BCUT2D eigenvalue weighted by Gasteiger charge is -2.39. The first-order valence-electron chi connectivity index (χ1n) is 17.7. The van der Waals surface area contributed by atoms with Gasteiger partial charge >= 0.3 is 6.03 Å². The third kappa shape index (κ3) is 8.55. The van der Waals surface area contributed by atoms with Crippen molar-refractivity contribution in [1.29, 1.82) is 0 Å². The van der Waals surface area contributed by atoms with E-state index in [0.29, 0.717) is 13.0 Å². The quantitative estimate of drug-likeness (QED) is 0.127. The Bertz CT molecular complexity index is 1380. The summed E-state index contributed by atoms with van der Waals surface area (Å²) in [6, 6.07) is -4.29. The Kier molecular flexibility index (Phi) is 11.5. The lowest BCUT2D eigenvalue weighted by atomic mass is 9.80. The molecule has 0 aromatic carbocycles. The summed E-state index contributed by atoms with van der Waals surface area (Å²) in [5, 5.41) is 11.1. The molecule has 4 aliphatic rings. The Labute approximate surface area is 295 Å². The largest absolute Gasteiger partial charge is 0.362 e. The minimum absolute atomic E-state index is 0.0437. The average Bonchev–Trinajstić information content (AvgIpc) is 3.30. The summed E-state index contributed by atoms with van der Waals surface area (Å²) >= 11 is 0. The number of nitrogens with one attached hydrogen (secondary N) is 4. The molecule has 14 nitrogen and oxygen atoms in total. The predicted molar refractivity (Wildman–Crippen MR) is 184 cm³/mol. The fourth-order valence-electron chi connectivity index (χ4n) is 7.36. The lowest BCUT2D eigenvalue weighted by Crippen LogP contribution is -2.63. The first-order chi connectivity index (χ1) is 23.2. The van der Waals surface area contributed by atoms with E-state index in [1.807, 2.05) is 55.4 Å². The van der Waals surface area contributed by atoms with Gasteiger partial charge in [-0.25, -0.2) is 4.79 Å². The van der Waals surface area contributed by atoms with E-state index in [1.165, 1.54) is 11.0 Å². The minimum Gasteiger partial charge on any atom is -0.362 e. The standard InChI is InChI=1S/C36H56N6O8/c1-10-14-37-31(47)28(45)22(15-20-12-11-13-20)38-30(46)27-26-21(36(26,8)9)16-42(27)32(48)29(35(5,6)7)40-33(49)39-23(34(2,3)4)17-41-24(43)18-50-19-25(41)44/h10,20-23,26-27,29H,1,11-19H2,2-9H3,(H,37,47)(H,38,46)(H2,39,40,49)/t21-,22?,23+,26-,27-,29+/m0/s1. The second kappa shape index (κ2) is 14.8. The number of amides is 7. The molecule has 1 unspecified atom stereocenters. The van der Waals surface area contributed by atoms with Gasteiger partial charge in [-0.15, -0.1) is 6.58 Å². The van der Waals surface area contributed by atoms with Crippen LogP contribution in [0, 0.1) is 34.0 Å². The highest BCUT2D eigenvalue weighted by Gasteiger charge is 2.70. The molecule has 0 radical (unpaired) electrons. The number of carbonyl (C=O) groups is 7. The number of morpholine rings is 1. The maximum atomic E-state index is 14.4. The Hall–Kier alpha value is -3.81. The van der Waals surface area contributed by atoms with Crippen molar-refractivity contribution in [2.45, 2.75) is 105 Å². The van der Waals surface area contributed by atoms with Crippen LogP contribution in [0.4, 0.5) is 4.79 Å². The van der Waals surface area contributed by atoms with Crippen molar-refractivity contribution in [1.82, 2.24) is 31.1 Å². The van der Waals surface area contributed by atoms with Crippen LogP contribution < -0.4 is 21.3 Å². The maximum absolute atomic E-state index is 14.4. The predicted octanol–water partition coefficient (Wildman–Crippen LogP) is 1.53. The second-order valence-electron chi connectivity index (χ2n) is 17.1. The Morgan fingerprint density at radius 1 is 0.960 bits per heavy atom. The molecule has 2 saturated heterocycles. The normalized spacial score (nSPS) is 25.0. The van der Waals surface area contributed by atoms with Crippen molar-refractivity contribution in [2.75, 3.05) is 32.8 Å². The van der Waals surface area contributed by atoms with Crippen LogP contribution in [0.15, 0.2) is 12.7 Å². The Balaban J connectivity index is 1.53. The molecule has 4 rings (SSSR count). The molecule has 4 fully saturated rings. The molecule has 2 aliphatic heterocycles. The minimum atomic E-state index is -1.05. The van der Waals surface area contributed by atoms with Crippen LogP contribution in [-0.2, 0) is 33.5 Å². The molecule has 0 aromatic rings. The van der Waals surface area contributed by atoms with E-state index < -0.39 is 76.3 Å². The van der Waals surface area contributed by atoms with Crippen molar-refractivity contribution in [3.05, 3.63) is 12.7 Å². The number of rotatable bonds is 13. The summed E-state index contributed by atoms with van der Waals surface area (Å²) in [5.41, 5.74) is -1.57. The van der Waals surface area contributed by atoms with Crippen LogP contribution in [0.1, 0.15) is 81.1 Å². The van der Waals surface area contributed by atoms with E-state index in [-0.39, 0.29) is 49.5 Å². The van der Waals surface area contributed by atoms with Crippen molar-refractivity contribution < 1.29 is 38.3 Å². The highest BCUT2D eigenvalue weighted by atomic mass is 16.5. The number of fused-ring (bicyclic) bond motifs is 1. The average molecular weight is 701 g/mol. The van der Waals surface area contributed by atoms with Gasteiger partial charge in [0, 0.05) is 19.6 Å². The van der Waals surface area contributed by atoms with Gasteiger partial charge in [-0.05, 0) is 40.4 Å². The number of hydrogen-bond acceptors (Lipinski definition) is 8. The number of imide groups is 1. The number of carbonyl (C=O) groups excluding carboxylic acids is 7. The highest BCUT2D eigenvalue weighted by molar-refractivity contribution is 6.38. The Morgan fingerprint density at radius 3 is 2.10 bits per heavy atom. The summed E-state index contributed by atoms with van der Waals surface area (Å²) in [4.78, 5) is 95.6. The molecule has 6 atom stereocenters. The zero-order valence-corrected chi connectivity index (χ0v) is 30.9. The summed E-state index contributed by atoms with van der Waals surface area (Å²) in [6.45, 7) is 18.6. The summed E-state index contributed by atoms with van der Waals surface area (Å²) in [5.74, 6) is -3.34. The van der Waals surface area contributed by atoms with Gasteiger partial charge in [0.2, 0.25) is 17.6 Å². The van der Waals surface area contributed by atoms with E-state index in [2.05, 4.69) is 27.8 Å². The molecule has 0 aromatic heterocycles. The first kappa shape index (κ1) is 39.0. The highest BCUT2D eigenvalue weighted by Crippen LogP contribution is 2.65. The first-order valence-corrected chi connectivity index (χ1v) is 17.7. The van der Waals surface area contributed by atoms with Gasteiger partial charge in [-0.1, -0.05) is 80.7 Å². The molecular formula is C36H56N6O8. The molecule has 278 valence electrons. The molecule has 2 aliphatic carbocycles. The summed E-state index contributed by atoms with van der Waals surface area (Å²) in [7, 11) is 0. The molecule has 50 heavy (non-hydrogen) atoms. The maximum Gasteiger partial charge on any atom is 0.315 e. The lowest BCUT2D eigenvalue weighted by molar-refractivity contribution is -0.159. The van der Waals surface area contributed by atoms with Crippen LogP contribution in [0.25, 0.3) is 0 Å². The van der Waals surface area contributed by atoms with E-state index in [4.69, 9.17) is 4.74 Å². The molecule has 2 saturated carbocycles. The third-order valence-corrected chi connectivity index (χ3v) is 11.0. The number of ether oxygens (including phenoxy) is 1. The van der Waals surface area contributed by atoms with Gasteiger partial charge in [0.05, 0.1) is 12.1 Å². The van der Waals surface area contributed by atoms with E-state index in [1.54, 1.807) is 0 Å². The molecule has 7 amide bonds. The summed E-state index contributed by atoms with van der Waals surface area (Å²) in [6.07, 6.45) is 4.66. The third-order valence-electron chi connectivity index (χ3n) is 11.0. The van der Waals surface area contributed by atoms with E-state index >= 15 is 0 Å². The number of ketones is 1. The van der Waals surface area contributed by atoms with Crippen molar-refractivity contribution in [3.63, 3.8) is 0 Å². The van der Waals surface area contributed by atoms with Crippen LogP contribution in [-0.4, -0.2) is 108 Å². The second-order valence-corrected chi connectivity index (χ2v) is 17.1. The molecule has 14 heteroatoms. The van der Waals surface area contributed by atoms with Gasteiger partial charge in [0.25, 0.3) is 17.7 Å². The van der Waals surface area contributed by atoms with Crippen LogP contribution in [0.2, 0.25) is 0 Å². The SMILES string of the molecule is C=CCNC(=O)C(=O)C(CC1CCC1)NC(=O)[C@@H]1[C@@H]2[C@H](CN1C(=O)[C@@H](NC(=O)N[C@H](CN1C(=O)COCC1=O)C(C)(C)C)C(C)(C)C)C2(C)C. The van der Waals surface area contributed by atoms with Gasteiger partial charge in [0.15, 0.2) is 0 Å². The zero-order valence-electron chi connectivity index (χ0n) is 30.9. The molecule has 4 N–H and O–H groups in total. The van der Waals surface area contributed by atoms with E-state index in [0.717, 1.165) is 24.2 Å². The molecule has 2 heterocycles. The monoisotopic (exact) mass is 700 g/mol. The number of Topliss-reactive ketones (excluding diaryl/α,β-unsaturated/α-hetero) is 1. The smallest absolute Gasteiger partial charge is 0.315 e. The van der Waals surface area contributed by atoms with Gasteiger partial charge < -0.3 is 30.9 Å².